The molecular weight excluding hydrogens is 150 g/mol. The number of hydrogen-bond acceptors (Lipinski definition) is 2. The molecule has 0 spiro atoms. The Bertz CT molecular complexity index is 145. The van der Waals surface area contributed by atoms with Crippen LogP contribution in [-0.4, -0.2) is 36.7 Å². The average molecular weight is 171 g/mol. The average Bonchev–Trinajstić information content (AvgIpc) is 2.29. The molecule has 0 aromatic carbocycles. The Morgan fingerprint density at radius 1 is 1.42 bits per heavy atom. The van der Waals surface area contributed by atoms with Crippen LogP contribution in [0.5, 0.6) is 0 Å². The van der Waals surface area contributed by atoms with Crippen molar-refractivity contribution in [3.63, 3.8) is 0 Å². The molecular formula is C10H21NO. The third-order valence-corrected chi connectivity index (χ3v) is 3.14. The quantitative estimate of drug-likeness (QED) is 0.552. The largest absolute Gasteiger partial charge is 0.378 e. The van der Waals surface area contributed by atoms with Crippen LogP contribution in [0.1, 0.15) is 33.6 Å². The van der Waals surface area contributed by atoms with Crippen LogP contribution in [0, 0.1) is 0 Å². The Labute approximate surface area is 75.9 Å². The standard InChI is InChI=1S/C8H15NO.C2H6/c1-8-4-3-7(9(8)2)5-10-6-8;1-2/h7H,3-6H2,1-2H3;1-2H3. The molecule has 0 radical (unpaired) electrons. The van der Waals surface area contributed by atoms with Crippen LogP contribution in [-0.2, 0) is 4.74 Å². The summed E-state index contributed by atoms with van der Waals surface area (Å²) >= 11 is 0. The highest BCUT2D eigenvalue weighted by molar-refractivity contribution is 4.98. The zero-order valence-electron chi connectivity index (χ0n) is 8.76. The van der Waals surface area contributed by atoms with Crippen LogP contribution < -0.4 is 0 Å². The molecule has 2 unspecified atom stereocenters. The third-order valence-electron chi connectivity index (χ3n) is 3.14. The van der Waals surface area contributed by atoms with Gasteiger partial charge < -0.3 is 4.74 Å². The van der Waals surface area contributed by atoms with E-state index < -0.39 is 0 Å². The van der Waals surface area contributed by atoms with Crippen LogP contribution in [0.2, 0.25) is 0 Å². The summed E-state index contributed by atoms with van der Waals surface area (Å²) in [6.45, 7) is 8.18. The molecule has 2 bridgehead atoms. The molecule has 2 saturated heterocycles. The smallest absolute Gasteiger partial charge is 0.0648 e. The van der Waals surface area contributed by atoms with E-state index in [9.17, 15) is 0 Å². The molecule has 0 aromatic rings. The van der Waals surface area contributed by atoms with E-state index in [2.05, 4.69) is 18.9 Å². The molecule has 2 rings (SSSR count). The van der Waals surface area contributed by atoms with Crippen molar-refractivity contribution in [2.45, 2.75) is 45.2 Å². The summed E-state index contributed by atoms with van der Waals surface area (Å²) in [6.07, 6.45) is 2.64. The summed E-state index contributed by atoms with van der Waals surface area (Å²) in [7, 11) is 2.22. The SMILES string of the molecule is CC.CN1C2CCC1(C)COC2. The fourth-order valence-corrected chi connectivity index (χ4v) is 2.07. The van der Waals surface area contributed by atoms with Gasteiger partial charge in [-0.2, -0.15) is 0 Å². The first kappa shape index (κ1) is 10.0. The van der Waals surface area contributed by atoms with Crippen molar-refractivity contribution in [1.82, 2.24) is 4.90 Å². The molecule has 2 fully saturated rings. The number of nitrogens with zero attached hydrogens (tertiary/aromatic N) is 1. The molecule has 12 heavy (non-hydrogen) atoms. The van der Waals surface area contributed by atoms with Gasteiger partial charge in [0.2, 0.25) is 0 Å². The second kappa shape index (κ2) is 3.75. The van der Waals surface area contributed by atoms with Gasteiger partial charge in [0.15, 0.2) is 0 Å². The zero-order chi connectivity index (χ0) is 9.19. The van der Waals surface area contributed by atoms with Crippen molar-refractivity contribution < 1.29 is 4.74 Å². The first-order valence-electron chi connectivity index (χ1n) is 5.03. The maximum Gasteiger partial charge on any atom is 0.0648 e. The van der Waals surface area contributed by atoms with Gasteiger partial charge in [-0.15, -0.1) is 0 Å². The molecule has 0 amide bonds. The molecule has 0 aromatic heterocycles. The summed E-state index contributed by atoms with van der Waals surface area (Å²) in [5.74, 6) is 0. The van der Waals surface area contributed by atoms with E-state index in [4.69, 9.17) is 4.74 Å². The number of ether oxygens (including phenoxy) is 1. The van der Waals surface area contributed by atoms with Crippen LogP contribution in [0.25, 0.3) is 0 Å². The molecule has 2 aliphatic heterocycles. The summed E-state index contributed by atoms with van der Waals surface area (Å²) in [4.78, 5) is 2.48. The lowest BCUT2D eigenvalue weighted by molar-refractivity contribution is -0.0459. The Hall–Kier alpha value is -0.0800. The molecule has 2 aliphatic rings. The van der Waals surface area contributed by atoms with Gasteiger partial charge in [-0.05, 0) is 26.8 Å². The van der Waals surface area contributed by atoms with E-state index in [0.717, 1.165) is 13.2 Å². The number of rotatable bonds is 0. The first-order chi connectivity index (χ1) is 5.72. The highest BCUT2D eigenvalue weighted by Crippen LogP contribution is 2.35. The van der Waals surface area contributed by atoms with Crippen LogP contribution in [0.4, 0.5) is 0 Å². The van der Waals surface area contributed by atoms with Crippen LogP contribution in [0.3, 0.4) is 0 Å². The predicted octanol–water partition coefficient (Wildman–Crippen LogP) is 1.90. The zero-order valence-corrected chi connectivity index (χ0v) is 8.76. The topological polar surface area (TPSA) is 12.5 Å². The van der Waals surface area contributed by atoms with E-state index in [1.54, 1.807) is 0 Å². The highest BCUT2D eigenvalue weighted by atomic mass is 16.5. The van der Waals surface area contributed by atoms with Crippen molar-refractivity contribution >= 4 is 0 Å². The fourth-order valence-electron chi connectivity index (χ4n) is 2.07. The van der Waals surface area contributed by atoms with Crippen LogP contribution >= 0.6 is 0 Å². The van der Waals surface area contributed by atoms with Crippen molar-refractivity contribution in [3.05, 3.63) is 0 Å². The number of hydrogen-bond donors (Lipinski definition) is 0. The van der Waals surface area contributed by atoms with Crippen molar-refractivity contribution in [1.29, 1.82) is 0 Å². The molecule has 72 valence electrons. The van der Waals surface area contributed by atoms with E-state index >= 15 is 0 Å². The van der Waals surface area contributed by atoms with Crippen molar-refractivity contribution in [3.8, 4) is 0 Å². The van der Waals surface area contributed by atoms with E-state index in [-0.39, 0.29) is 0 Å². The minimum atomic E-state index is 0.364. The van der Waals surface area contributed by atoms with Gasteiger partial charge in [0, 0.05) is 11.6 Å². The van der Waals surface area contributed by atoms with Crippen LogP contribution in [0.15, 0.2) is 0 Å². The summed E-state index contributed by atoms with van der Waals surface area (Å²) < 4.78 is 5.49. The Kier molecular flexibility index (Phi) is 3.13. The molecule has 2 heterocycles. The summed E-state index contributed by atoms with van der Waals surface area (Å²) in [5.41, 5.74) is 0.364. The van der Waals surface area contributed by atoms with Crippen molar-refractivity contribution in [2.75, 3.05) is 20.3 Å². The fraction of sp³-hybridized carbons (Fsp3) is 1.00. The number of likely N-dealkylation sites (N-methyl/N-ethyl adjacent to an activating group) is 1. The Balaban J connectivity index is 0.000000336. The highest BCUT2D eigenvalue weighted by Gasteiger charge is 2.43. The van der Waals surface area contributed by atoms with Gasteiger partial charge in [-0.1, -0.05) is 13.8 Å². The normalized spacial score (nSPS) is 40.5. The van der Waals surface area contributed by atoms with Gasteiger partial charge >= 0.3 is 0 Å². The lowest BCUT2D eigenvalue weighted by Crippen LogP contribution is -2.51. The predicted molar refractivity (Wildman–Crippen MR) is 51.4 cm³/mol. The number of morpholine rings is 1. The molecule has 0 aliphatic carbocycles. The van der Waals surface area contributed by atoms with Gasteiger partial charge in [0.1, 0.15) is 0 Å². The summed E-state index contributed by atoms with van der Waals surface area (Å²) in [6, 6.07) is 0.707. The minimum Gasteiger partial charge on any atom is -0.378 e. The maximum atomic E-state index is 5.49. The van der Waals surface area contributed by atoms with Gasteiger partial charge in [-0.25, -0.2) is 0 Å². The minimum absolute atomic E-state index is 0.364. The van der Waals surface area contributed by atoms with Crippen molar-refractivity contribution in [2.24, 2.45) is 0 Å². The van der Waals surface area contributed by atoms with E-state index in [1.807, 2.05) is 13.8 Å². The molecule has 2 atom stereocenters. The lowest BCUT2D eigenvalue weighted by atomic mass is 10.0. The molecule has 2 nitrogen and oxygen atoms in total. The third kappa shape index (κ3) is 1.50. The number of fused-ring (bicyclic) bond motifs is 2. The molecule has 0 N–H and O–H groups in total. The van der Waals surface area contributed by atoms with Gasteiger partial charge in [-0.3, -0.25) is 4.90 Å². The maximum absolute atomic E-state index is 5.49. The lowest BCUT2D eigenvalue weighted by Gasteiger charge is -2.39. The first-order valence-corrected chi connectivity index (χ1v) is 5.03. The monoisotopic (exact) mass is 171 g/mol. The van der Waals surface area contributed by atoms with E-state index in [1.165, 1.54) is 12.8 Å². The van der Waals surface area contributed by atoms with Gasteiger partial charge in [0.05, 0.1) is 13.2 Å². The second-order valence-corrected chi connectivity index (χ2v) is 3.82. The second-order valence-electron chi connectivity index (χ2n) is 3.82. The van der Waals surface area contributed by atoms with Gasteiger partial charge in [0.25, 0.3) is 0 Å². The molecule has 2 heteroatoms. The Morgan fingerprint density at radius 2 is 2.08 bits per heavy atom. The molecule has 0 saturated carbocycles. The van der Waals surface area contributed by atoms with E-state index in [0.29, 0.717) is 11.6 Å². The Morgan fingerprint density at radius 3 is 2.58 bits per heavy atom. The summed E-state index contributed by atoms with van der Waals surface area (Å²) in [5, 5.41) is 0.